The van der Waals surface area contributed by atoms with Crippen molar-refractivity contribution in [3.05, 3.63) is 92.2 Å². The van der Waals surface area contributed by atoms with Gasteiger partial charge in [0.05, 0.1) is 15.5 Å². The molecule has 34 heavy (non-hydrogen) atoms. The summed E-state index contributed by atoms with van der Waals surface area (Å²) < 4.78 is 5.83. The molecule has 0 unspecified atom stereocenters. The number of hydrazone groups is 1. The van der Waals surface area contributed by atoms with Gasteiger partial charge >= 0.3 is 0 Å². The number of nitro benzene ring substituents is 1. The van der Waals surface area contributed by atoms with Crippen LogP contribution in [0.3, 0.4) is 0 Å². The Kier molecular flexibility index (Phi) is 5.39. The minimum Gasteiger partial charge on any atom is -0.457 e. The van der Waals surface area contributed by atoms with Crippen LogP contribution in [-0.4, -0.2) is 31.9 Å². The topological polar surface area (TPSA) is 125 Å². The first kappa shape index (κ1) is 21.8. The van der Waals surface area contributed by atoms with Crippen molar-refractivity contribution in [3.8, 4) is 11.3 Å². The Balaban J connectivity index is 1.46. The van der Waals surface area contributed by atoms with Crippen LogP contribution in [0.2, 0.25) is 5.02 Å². The van der Waals surface area contributed by atoms with Crippen LogP contribution in [0.15, 0.2) is 74.7 Å². The van der Waals surface area contributed by atoms with Crippen molar-refractivity contribution < 1.29 is 14.1 Å². The van der Waals surface area contributed by atoms with Crippen LogP contribution in [0.25, 0.3) is 17.4 Å². The molecule has 3 aromatic rings. The van der Waals surface area contributed by atoms with Crippen LogP contribution in [-0.2, 0) is 4.79 Å². The number of hydrogen-bond donors (Lipinski definition) is 1. The first-order chi connectivity index (χ1) is 16.3. The zero-order chi connectivity index (χ0) is 24.0. The molecular weight excluding hydrogens is 478 g/mol. The van der Waals surface area contributed by atoms with Gasteiger partial charge in [0.2, 0.25) is 5.17 Å². The predicted octanol–water partition coefficient (Wildman–Crippen LogP) is 5.48. The van der Waals surface area contributed by atoms with Crippen LogP contribution in [0.4, 0.5) is 5.69 Å². The third-order valence-corrected chi connectivity index (χ3v) is 6.44. The van der Waals surface area contributed by atoms with Gasteiger partial charge in [0.15, 0.2) is 5.84 Å². The Morgan fingerprint density at radius 1 is 1.18 bits per heavy atom. The number of benzene rings is 2. The number of nitrogens with zero attached hydrogens (tertiary/aromatic N) is 4. The van der Waals surface area contributed by atoms with Crippen molar-refractivity contribution in [1.29, 1.82) is 5.41 Å². The molecule has 5 rings (SSSR count). The van der Waals surface area contributed by atoms with Crippen molar-refractivity contribution in [2.75, 3.05) is 0 Å². The number of carbonyl (C=O) groups excluding carboxylic acids is 1. The summed E-state index contributed by atoms with van der Waals surface area (Å²) in [5, 5.41) is 26.7. The van der Waals surface area contributed by atoms with Crippen molar-refractivity contribution in [3.63, 3.8) is 0 Å². The number of furan rings is 1. The second-order valence-electron chi connectivity index (χ2n) is 7.36. The molecule has 0 saturated heterocycles. The fourth-order valence-corrected chi connectivity index (χ4v) is 4.65. The van der Waals surface area contributed by atoms with Gasteiger partial charge in [0, 0.05) is 23.3 Å². The third-order valence-electron chi connectivity index (χ3n) is 5.17. The van der Waals surface area contributed by atoms with Crippen molar-refractivity contribution in [2.24, 2.45) is 10.1 Å². The van der Waals surface area contributed by atoms with E-state index in [0.29, 0.717) is 32.7 Å². The summed E-state index contributed by atoms with van der Waals surface area (Å²) >= 11 is 7.42. The molecule has 3 heterocycles. The van der Waals surface area contributed by atoms with E-state index >= 15 is 0 Å². The highest BCUT2D eigenvalue weighted by atomic mass is 35.5. The Morgan fingerprint density at radius 3 is 2.74 bits per heavy atom. The van der Waals surface area contributed by atoms with Gasteiger partial charge in [-0.1, -0.05) is 35.9 Å². The number of carbonyl (C=O) groups is 1. The lowest BCUT2D eigenvalue weighted by Crippen LogP contribution is -2.35. The smallest absolute Gasteiger partial charge is 0.283 e. The van der Waals surface area contributed by atoms with Gasteiger partial charge < -0.3 is 4.42 Å². The molecular formula is C23H14ClN5O4S. The Hall–Kier alpha value is -4.02. The van der Waals surface area contributed by atoms with Crippen molar-refractivity contribution in [1.82, 2.24) is 5.01 Å². The second-order valence-corrected chi connectivity index (χ2v) is 8.73. The van der Waals surface area contributed by atoms with E-state index in [9.17, 15) is 14.9 Å². The number of aryl methyl sites for hydroxylation is 1. The Morgan fingerprint density at radius 2 is 1.97 bits per heavy atom. The fraction of sp³-hybridized carbons (Fsp3) is 0.0435. The predicted molar refractivity (Wildman–Crippen MR) is 131 cm³/mol. The SMILES string of the molecule is Cc1ccc([N+](=O)[O-])cc1-c1ccc(/C=C2\C(=N)N3N=C(c4ccccc4Cl)SC3=NC2=O)o1. The molecule has 2 aliphatic heterocycles. The summed E-state index contributed by atoms with van der Waals surface area (Å²) in [5.41, 5.74) is 1.99. The molecule has 1 amide bonds. The number of hydrogen-bond acceptors (Lipinski definition) is 7. The van der Waals surface area contributed by atoms with Crippen LogP contribution in [0.1, 0.15) is 16.9 Å². The standard InChI is InChI=1S/C23H14ClN5O4S/c1-12-6-7-13(29(31)32)10-16(12)19-9-8-14(33-19)11-17-20(25)28-23(26-21(17)30)34-22(27-28)15-4-2-3-5-18(15)24/h2-11,25H,1H3/b17-11+,25-20?. The number of non-ortho nitro benzene ring substituents is 1. The van der Waals surface area contributed by atoms with Crippen LogP contribution in [0, 0.1) is 22.4 Å². The summed E-state index contributed by atoms with van der Waals surface area (Å²) in [6.07, 6.45) is 1.41. The van der Waals surface area contributed by atoms with Crippen LogP contribution >= 0.6 is 23.4 Å². The third kappa shape index (κ3) is 3.82. The molecule has 1 N–H and O–H groups in total. The zero-order valence-corrected chi connectivity index (χ0v) is 19.1. The van der Waals surface area contributed by atoms with E-state index in [1.54, 1.807) is 36.4 Å². The van der Waals surface area contributed by atoms with Crippen LogP contribution in [0.5, 0.6) is 0 Å². The number of amidine groups is 2. The number of nitrogens with one attached hydrogen (secondary N) is 1. The molecule has 2 aliphatic rings. The van der Waals surface area contributed by atoms with E-state index in [2.05, 4.69) is 10.1 Å². The summed E-state index contributed by atoms with van der Waals surface area (Å²) in [7, 11) is 0. The van der Waals surface area contributed by atoms with E-state index in [1.807, 2.05) is 13.0 Å². The van der Waals surface area contributed by atoms with Crippen molar-refractivity contribution in [2.45, 2.75) is 6.92 Å². The van der Waals surface area contributed by atoms with Crippen molar-refractivity contribution >= 4 is 57.1 Å². The normalized spacial score (nSPS) is 16.5. The second kappa shape index (κ2) is 8.40. The van der Waals surface area contributed by atoms with Gasteiger partial charge in [-0.2, -0.15) is 15.1 Å². The van der Waals surface area contributed by atoms with Gasteiger partial charge in [-0.3, -0.25) is 20.3 Å². The summed E-state index contributed by atoms with van der Waals surface area (Å²) in [6, 6.07) is 14.9. The maximum absolute atomic E-state index is 12.7. The van der Waals surface area contributed by atoms with Crippen LogP contribution < -0.4 is 0 Å². The first-order valence-corrected chi connectivity index (χ1v) is 11.1. The van der Waals surface area contributed by atoms with Gasteiger partial charge in [-0.25, -0.2) is 0 Å². The first-order valence-electron chi connectivity index (χ1n) is 9.92. The van der Waals surface area contributed by atoms with Gasteiger partial charge in [-0.05, 0) is 48.5 Å². The molecule has 0 fully saturated rings. The summed E-state index contributed by atoms with van der Waals surface area (Å²) in [6.45, 7) is 1.82. The molecule has 168 valence electrons. The lowest BCUT2D eigenvalue weighted by molar-refractivity contribution is -0.384. The lowest BCUT2D eigenvalue weighted by Gasteiger charge is -2.19. The van der Waals surface area contributed by atoms with Gasteiger partial charge in [0.1, 0.15) is 16.6 Å². The van der Waals surface area contributed by atoms with E-state index in [-0.39, 0.29) is 22.3 Å². The monoisotopic (exact) mass is 491 g/mol. The molecule has 0 bridgehead atoms. The maximum atomic E-state index is 12.7. The van der Waals surface area contributed by atoms with Gasteiger partial charge in [-0.15, -0.1) is 0 Å². The lowest BCUT2D eigenvalue weighted by atomic mass is 10.1. The molecule has 0 aliphatic carbocycles. The molecule has 1 aromatic heterocycles. The molecule has 0 saturated carbocycles. The summed E-state index contributed by atoms with van der Waals surface area (Å²) in [5.74, 6) is -0.0320. The van der Waals surface area contributed by atoms with E-state index < -0.39 is 10.8 Å². The minimum absolute atomic E-state index is 0.00479. The zero-order valence-electron chi connectivity index (χ0n) is 17.5. The highest BCUT2D eigenvalue weighted by Gasteiger charge is 2.36. The van der Waals surface area contributed by atoms with Gasteiger partial charge in [0.25, 0.3) is 11.6 Å². The van der Waals surface area contributed by atoms with E-state index in [0.717, 1.165) is 17.3 Å². The van der Waals surface area contributed by atoms with E-state index in [1.165, 1.54) is 23.2 Å². The van der Waals surface area contributed by atoms with E-state index in [4.69, 9.17) is 21.4 Å². The number of aliphatic imine (C=N–C) groups is 1. The quantitative estimate of drug-likeness (QED) is 0.292. The number of nitro groups is 1. The number of thioether (sulfide) groups is 1. The maximum Gasteiger partial charge on any atom is 0.283 e. The Bertz CT molecular complexity index is 1490. The molecule has 11 heteroatoms. The average Bonchev–Trinajstić information content (AvgIpc) is 3.44. The highest BCUT2D eigenvalue weighted by Crippen LogP contribution is 2.34. The number of rotatable bonds is 4. The number of halogens is 1. The number of fused-ring (bicyclic) bond motifs is 1. The average molecular weight is 492 g/mol. The fourth-order valence-electron chi connectivity index (χ4n) is 3.44. The number of amides is 1. The molecule has 0 atom stereocenters. The molecule has 0 radical (unpaired) electrons. The Labute approximate surface area is 202 Å². The highest BCUT2D eigenvalue weighted by molar-refractivity contribution is 8.27. The largest absolute Gasteiger partial charge is 0.457 e. The molecule has 2 aromatic carbocycles. The molecule has 0 spiro atoms. The molecule has 9 nitrogen and oxygen atoms in total. The summed E-state index contributed by atoms with van der Waals surface area (Å²) in [4.78, 5) is 27.4. The minimum atomic E-state index is -0.594.